The van der Waals surface area contributed by atoms with E-state index in [1.807, 2.05) is 53.9 Å². The number of benzene rings is 3. The molecule has 3 aromatic carbocycles. The standard InChI is InChI=1S/C24H20ClN3OS/c1-17-2-8-20(9-3-17)23-16-30-24(27-23)28-26-14-18-6-12-22(13-7-18)29-15-19-4-10-21(25)11-5-19/h2-14,16H,15H2,1H3,(H,27,28)/b26-14+. The first-order valence-corrected chi connectivity index (χ1v) is 10.7. The van der Waals surface area contributed by atoms with E-state index in [4.69, 9.17) is 16.3 Å². The van der Waals surface area contributed by atoms with Crippen LogP contribution < -0.4 is 10.2 Å². The van der Waals surface area contributed by atoms with Crippen molar-refractivity contribution in [2.24, 2.45) is 5.10 Å². The number of halogens is 1. The number of hydrazone groups is 1. The van der Waals surface area contributed by atoms with Crippen molar-refractivity contribution in [3.8, 4) is 17.0 Å². The summed E-state index contributed by atoms with van der Waals surface area (Å²) in [4.78, 5) is 4.58. The number of aromatic nitrogens is 1. The molecule has 0 fully saturated rings. The number of anilines is 1. The monoisotopic (exact) mass is 433 g/mol. The molecule has 1 aromatic heterocycles. The Hall–Kier alpha value is -3.15. The predicted molar refractivity (Wildman–Crippen MR) is 126 cm³/mol. The van der Waals surface area contributed by atoms with Gasteiger partial charge in [0.25, 0.3) is 0 Å². The van der Waals surface area contributed by atoms with E-state index in [9.17, 15) is 0 Å². The van der Waals surface area contributed by atoms with Gasteiger partial charge in [0.15, 0.2) is 0 Å². The molecule has 0 aliphatic carbocycles. The Balaban J connectivity index is 1.30. The lowest BCUT2D eigenvalue weighted by molar-refractivity contribution is 0.306. The van der Waals surface area contributed by atoms with E-state index in [1.165, 1.54) is 16.9 Å². The number of rotatable bonds is 7. The fourth-order valence-electron chi connectivity index (χ4n) is 2.74. The molecule has 150 valence electrons. The van der Waals surface area contributed by atoms with Gasteiger partial charge in [-0.3, -0.25) is 5.43 Å². The van der Waals surface area contributed by atoms with Gasteiger partial charge in [-0.15, -0.1) is 11.3 Å². The molecule has 4 aromatic rings. The molecule has 0 saturated carbocycles. The largest absolute Gasteiger partial charge is 0.489 e. The molecule has 4 nitrogen and oxygen atoms in total. The number of nitrogens with one attached hydrogen (secondary N) is 1. The lowest BCUT2D eigenvalue weighted by Gasteiger charge is -2.06. The van der Waals surface area contributed by atoms with Crippen LogP contribution in [0.3, 0.4) is 0 Å². The Kier molecular flexibility index (Phi) is 6.42. The summed E-state index contributed by atoms with van der Waals surface area (Å²) < 4.78 is 5.80. The summed E-state index contributed by atoms with van der Waals surface area (Å²) in [5.41, 5.74) is 8.32. The fraction of sp³-hybridized carbons (Fsp3) is 0.0833. The van der Waals surface area contributed by atoms with Crippen LogP contribution in [0.4, 0.5) is 5.13 Å². The summed E-state index contributed by atoms with van der Waals surface area (Å²) in [6.07, 6.45) is 1.76. The van der Waals surface area contributed by atoms with Crippen LogP contribution in [0, 0.1) is 6.92 Å². The molecule has 1 N–H and O–H groups in total. The van der Waals surface area contributed by atoms with Gasteiger partial charge in [-0.05, 0) is 54.4 Å². The molecule has 0 bridgehead atoms. The Bertz CT molecular complexity index is 1120. The molecular weight excluding hydrogens is 414 g/mol. The topological polar surface area (TPSA) is 46.5 Å². The molecule has 0 unspecified atom stereocenters. The van der Waals surface area contributed by atoms with Crippen molar-refractivity contribution < 1.29 is 4.74 Å². The second kappa shape index (κ2) is 9.57. The van der Waals surface area contributed by atoms with Crippen LogP contribution in [0.2, 0.25) is 5.02 Å². The first kappa shape index (κ1) is 20.1. The molecule has 0 spiro atoms. The second-order valence-electron chi connectivity index (χ2n) is 6.76. The quantitative estimate of drug-likeness (QED) is 0.257. The van der Waals surface area contributed by atoms with Crippen LogP contribution in [0.25, 0.3) is 11.3 Å². The second-order valence-corrected chi connectivity index (χ2v) is 8.05. The van der Waals surface area contributed by atoms with Gasteiger partial charge in [0.2, 0.25) is 5.13 Å². The minimum absolute atomic E-state index is 0.500. The van der Waals surface area contributed by atoms with Crippen molar-refractivity contribution >= 4 is 34.3 Å². The molecule has 30 heavy (non-hydrogen) atoms. The van der Waals surface area contributed by atoms with E-state index in [0.717, 1.165) is 38.3 Å². The van der Waals surface area contributed by atoms with Gasteiger partial charge in [-0.2, -0.15) is 5.10 Å². The minimum atomic E-state index is 0.500. The number of thiazole rings is 1. The highest BCUT2D eigenvalue weighted by Gasteiger charge is 2.03. The zero-order valence-electron chi connectivity index (χ0n) is 16.4. The Morgan fingerprint density at radius 2 is 1.73 bits per heavy atom. The molecule has 0 aliphatic heterocycles. The van der Waals surface area contributed by atoms with E-state index in [2.05, 4.69) is 46.7 Å². The molecule has 0 radical (unpaired) electrons. The van der Waals surface area contributed by atoms with Gasteiger partial charge < -0.3 is 4.74 Å². The fourth-order valence-corrected chi connectivity index (χ4v) is 3.54. The first-order chi connectivity index (χ1) is 14.7. The van der Waals surface area contributed by atoms with Crippen molar-refractivity contribution in [1.82, 2.24) is 4.98 Å². The van der Waals surface area contributed by atoms with E-state index < -0.39 is 0 Å². The van der Waals surface area contributed by atoms with Gasteiger partial charge >= 0.3 is 0 Å². The molecule has 0 saturated heterocycles. The van der Waals surface area contributed by atoms with Crippen LogP contribution in [0.1, 0.15) is 16.7 Å². The van der Waals surface area contributed by atoms with Crippen LogP contribution in [-0.4, -0.2) is 11.2 Å². The van der Waals surface area contributed by atoms with Crippen molar-refractivity contribution in [3.05, 3.63) is 99.9 Å². The maximum absolute atomic E-state index is 5.90. The third-order valence-electron chi connectivity index (χ3n) is 4.42. The lowest BCUT2D eigenvalue weighted by Crippen LogP contribution is -1.95. The van der Waals surface area contributed by atoms with E-state index in [-0.39, 0.29) is 0 Å². The number of ether oxygens (including phenoxy) is 1. The summed E-state index contributed by atoms with van der Waals surface area (Å²) >= 11 is 7.43. The summed E-state index contributed by atoms with van der Waals surface area (Å²) in [6, 6.07) is 23.7. The molecule has 6 heteroatoms. The number of nitrogens with zero attached hydrogens (tertiary/aromatic N) is 2. The van der Waals surface area contributed by atoms with Crippen LogP contribution in [0.5, 0.6) is 5.75 Å². The SMILES string of the molecule is Cc1ccc(-c2csc(N/N=C/c3ccc(OCc4ccc(Cl)cc4)cc3)n2)cc1. The van der Waals surface area contributed by atoms with Crippen LogP contribution >= 0.6 is 22.9 Å². The number of hydrogen-bond donors (Lipinski definition) is 1. The maximum Gasteiger partial charge on any atom is 0.203 e. The van der Waals surface area contributed by atoms with Crippen molar-refractivity contribution in [3.63, 3.8) is 0 Å². The number of aryl methyl sites for hydroxylation is 1. The van der Waals surface area contributed by atoms with Crippen molar-refractivity contribution in [2.75, 3.05) is 5.43 Å². The van der Waals surface area contributed by atoms with Crippen molar-refractivity contribution in [1.29, 1.82) is 0 Å². The maximum atomic E-state index is 5.90. The average Bonchev–Trinajstić information content (AvgIpc) is 3.24. The smallest absolute Gasteiger partial charge is 0.203 e. The zero-order valence-corrected chi connectivity index (χ0v) is 18.0. The molecule has 0 atom stereocenters. The van der Waals surface area contributed by atoms with Crippen LogP contribution in [-0.2, 0) is 6.61 Å². The van der Waals surface area contributed by atoms with Gasteiger partial charge in [0.1, 0.15) is 12.4 Å². The molecule has 4 rings (SSSR count). The van der Waals surface area contributed by atoms with Crippen molar-refractivity contribution in [2.45, 2.75) is 13.5 Å². The molecule has 0 amide bonds. The Morgan fingerprint density at radius 1 is 1.00 bits per heavy atom. The summed E-state index contributed by atoms with van der Waals surface area (Å²) in [6.45, 7) is 2.57. The molecular formula is C24H20ClN3OS. The van der Waals surface area contributed by atoms with Gasteiger partial charge in [-0.25, -0.2) is 4.98 Å². The van der Waals surface area contributed by atoms with E-state index >= 15 is 0 Å². The molecule has 1 heterocycles. The highest BCUT2D eigenvalue weighted by Crippen LogP contribution is 2.25. The number of hydrogen-bond acceptors (Lipinski definition) is 5. The first-order valence-electron chi connectivity index (χ1n) is 9.45. The Labute approximate surface area is 184 Å². The average molecular weight is 434 g/mol. The van der Waals surface area contributed by atoms with Crippen LogP contribution in [0.15, 0.2) is 83.3 Å². The third-order valence-corrected chi connectivity index (χ3v) is 5.42. The van der Waals surface area contributed by atoms with E-state index in [0.29, 0.717) is 6.61 Å². The molecule has 0 aliphatic rings. The Morgan fingerprint density at radius 3 is 2.47 bits per heavy atom. The van der Waals surface area contributed by atoms with Gasteiger partial charge in [-0.1, -0.05) is 53.6 Å². The van der Waals surface area contributed by atoms with E-state index in [1.54, 1.807) is 6.21 Å². The minimum Gasteiger partial charge on any atom is -0.489 e. The predicted octanol–water partition coefficient (Wildman–Crippen LogP) is 6.80. The highest BCUT2D eigenvalue weighted by atomic mass is 35.5. The highest BCUT2D eigenvalue weighted by molar-refractivity contribution is 7.14. The lowest BCUT2D eigenvalue weighted by atomic mass is 10.1. The normalized spacial score (nSPS) is 11.0. The third kappa shape index (κ3) is 5.47. The summed E-state index contributed by atoms with van der Waals surface area (Å²) in [5, 5.41) is 7.78. The zero-order chi connectivity index (χ0) is 20.8. The summed E-state index contributed by atoms with van der Waals surface area (Å²) in [5.74, 6) is 0.803. The summed E-state index contributed by atoms with van der Waals surface area (Å²) in [7, 11) is 0. The van der Waals surface area contributed by atoms with Gasteiger partial charge in [0, 0.05) is 16.0 Å². The van der Waals surface area contributed by atoms with Gasteiger partial charge in [0.05, 0.1) is 11.9 Å².